The summed E-state index contributed by atoms with van der Waals surface area (Å²) < 4.78 is 5.22. The molecule has 0 unspecified atom stereocenters. The first-order valence-corrected chi connectivity index (χ1v) is 8.96. The van der Waals surface area contributed by atoms with Crippen LogP contribution in [0.5, 0.6) is 0 Å². The molecule has 0 aromatic rings. The number of ether oxygens (including phenoxy) is 1. The Balaban J connectivity index is -0.00000180. The van der Waals surface area contributed by atoms with Gasteiger partial charge in [-0.3, -0.25) is 4.79 Å². The van der Waals surface area contributed by atoms with Crippen LogP contribution in [-0.2, 0) is 9.53 Å². The summed E-state index contributed by atoms with van der Waals surface area (Å²) >= 11 is 0. The van der Waals surface area contributed by atoms with Crippen LogP contribution in [0.3, 0.4) is 0 Å². The van der Waals surface area contributed by atoms with Gasteiger partial charge in [0, 0.05) is 6.42 Å². The van der Waals surface area contributed by atoms with Gasteiger partial charge in [-0.1, -0.05) is 84.5 Å². The molecule has 0 aromatic heterocycles. The normalized spacial score (nSPS) is 9.73. The maximum Gasteiger partial charge on any atom is 0.305 e. The van der Waals surface area contributed by atoms with Crippen LogP contribution in [-0.4, -0.2) is 12.6 Å². The second kappa shape index (κ2) is 22.7. The highest BCUT2D eigenvalue weighted by molar-refractivity contribution is 5.69. The van der Waals surface area contributed by atoms with Crippen LogP contribution in [0.1, 0.15) is 104 Å². The molecule has 22 heavy (non-hydrogen) atoms. The van der Waals surface area contributed by atoms with Gasteiger partial charge in [-0.25, -0.2) is 0 Å². The monoisotopic (exact) mass is 318 g/mol. The lowest BCUT2D eigenvalue weighted by molar-refractivity contribution is -0.143. The van der Waals surface area contributed by atoms with Crippen molar-refractivity contribution in [2.45, 2.75) is 104 Å². The third-order valence-electron chi connectivity index (χ3n) is 3.75. The van der Waals surface area contributed by atoms with Gasteiger partial charge in [0.2, 0.25) is 0 Å². The number of hydrogen-bond donors (Lipinski definition) is 2. The Labute approximate surface area is 138 Å². The molecule has 0 aromatic carbocycles. The first-order chi connectivity index (χ1) is 9.81. The van der Waals surface area contributed by atoms with E-state index < -0.39 is 0 Å². The molecule has 0 radical (unpaired) electrons. The van der Waals surface area contributed by atoms with Crippen molar-refractivity contribution in [1.82, 2.24) is 12.3 Å². The molecule has 4 heteroatoms. The van der Waals surface area contributed by atoms with Gasteiger partial charge in [-0.15, -0.1) is 0 Å². The molecule has 0 atom stereocenters. The average molecular weight is 319 g/mol. The van der Waals surface area contributed by atoms with Crippen molar-refractivity contribution in [2.24, 2.45) is 0 Å². The number of rotatable bonds is 15. The maximum absolute atomic E-state index is 11.5. The fourth-order valence-corrected chi connectivity index (χ4v) is 2.37. The molecule has 6 N–H and O–H groups in total. The Morgan fingerprint density at radius 1 is 0.636 bits per heavy atom. The molecule has 0 heterocycles. The smallest absolute Gasteiger partial charge is 0.305 e. The molecule has 0 amide bonds. The largest absolute Gasteiger partial charge is 0.466 e. The zero-order chi connectivity index (χ0) is 14.9. The van der Waals surface area contributed by atoms with Gasteiger partial charge >= 0.3 is 5.97 Å². The molecule has 0 rings (SSSR count). The number of carbonyl (C=O) groups is 1. The van der Waals surface area contributed by atoms with E-state index in [9.17, 15) is 4.79 Å². The third-order valence-corrected chi connectivity index (χ3v) is 3.75. The molecule has 136 valence electrons. The second-order valence-corrected chi connectivity index (χ2v) is 5.86. The fourth-order valence-electron chi connectivity index (χ4n) is 2.37. The van der Waals surface area contributed by atoms with E-state index in [1.165, 1.54) is 70.6 Å². The average Bonchev–Trinajstić information content (AvgIpc) is 2.45. The van der Waals surface area contributed by atoms with Crippen molar-refractivity contribution in [2.75, 3.05) is 6.61 Å². The zero-order valence-corrected chi connectivity index (χ0v) is 15.3. The minimum absolute atomic E-state index is 0. The van der Waals surface area contributed by atoms with Crippen LogP contribution in [0.2, 0.25) is 0 Å². The summed E-state index contributed by atoms with van der Waals surface area (Å²) in [7, 11) is 0. The topological polar surface area (TPSA) is 96.3 Å². The minimum atomic E-state index is 0. The highest BCUT2D eigenvalue weighted by Gasteiger charge is 2.02. The summed E-state index contributed by atoms with van der Waals surface area (Å²) in [5.41, 5.74) is 0. The van der Waals surface area contributed by atoms with Gasteiger partial charge in [0.1, 0.15) is 0 Å². The van der Waals surface area contributed by atoms with Crippen LogP contribution in [0, 0.1) is 0 Å². The highest BCUT2D eigenvalue weighted by Crippen LogP contribution is 2.10. The first kappa shape index (κ1) is 26.3. The molecule has 0 bridgehead atoms. The van der Waals surface area contributed by atoms with E-state index in [0.29, 0.717) is 13.0 Å². The molecule has 4 nitrogen and oxygen atoms in total. The first-order valence-electron chi connectivity index (χ1n) is 8.96. The van der Waals surface area contributed by atoms with Crippen LogP contribution >= 0.6 is 0 Å². The molecule has 0 aliphatic carbocycles. The molecule has 0 aliphatic rings. The van der Waals surface area contributed by atoms with E-state index in [1.807, 2.05) is 0 Å². The van der Waals surface area contributed by atoms with Crippen molar-refractivity contribution in [3.8, 4) is 0 Å². The van der Waals surface area contributed by atoms with Gasteiger partial charge < -0.3 is 17.0 Å². The van der Waals surface area contributed by atoms with E-state index in [4.69, 9.17) is 4.74 Å². The molecule has 0 spiro atoms. The molecule has 0 saturated carbocycles. The van der Waals surface area contributed by atoms with Crippen molar-refractivity contribution < 1.29 is 9.53 Å². The lowest BCUT2D eigenvalue weighted by Gasteiger charge is -2.05. The van der Waals surface area contributed by atoms with E-state index in [1.54, 1.807) is 0 Å². The number of unbranched alkanes of at least 4 members (excludes halogenated alkanes) is 11. The summed E-state index contributed by atoms with van der Waals surface area (Å²) in [6.45, 7) is 5.06. The van der Waals surface area contributed by atoms with E-state index in [0.717, 1.165) is 12.8 Å². The Hall–Kier alpha value is -0.610. The zero-order valence-electron chi connectivity index (χ0n) is 15.3. The lowest BCUT2D eigenvalue weighted by atomic mass is 10.1. The Morgan fingerprint density at radius 2 is 1.05 bits per heavy atom. The molecule has 0 saturated heterocycles. The number of esters is 1. The van der Waals surface area contributed by atoms with Gasteiger partial charge in [0.25, 0.3) is 0 Å². The SMILES string of the molecule is CCCCCCCCCCCC(=O)OCCCCCC.N.N. The number of carbonyl (C=O) groups excluding carboxylic acids is 1. The van der Waals surface area contributed by atoms with E-state index in [-0.39, 0.29) is 18.3 Å². The Kier molecular flexibility index (Phi) is 27.1. The van der Waals surface area contributed by atoms with Gasteiger partial charge in [-0.2, -0.15) is 0 Å². The second-order valence-electron chi connectivity index (χ2n) is 5.86. The summed E-state index contributed by atoms with van der Waals surface area (Å²) in [4.78, 5) is 11.5. The van der Waals surface area contributed by atoms with Crippen LogP contribution in [0.4, 0.5) is 0 Å². The highest BCUT2D eigenvalue weighted by atomic mass is 16.5. The van der Waals surface area contributed by atoms with Crippen LogP contribution in [0.15, 0.2) is 0 Å². The third kappa shape index (κ3) is 21.7. The quantitative estimate of drug-likeness (QED) is 0.271. The van der Waals surface area contributed by atoms with Crippen molar-refractivity contribution in [3.63, 3.8) is 0 Å². The van der Waals surface area contributed by atoms with Crippen molar-refractivity contribution in [3.05, 3.63) is 0 Å². The van der Waals surface area contributed by atoms with Crippen molar-refractivity contribution >= 4 is 5.97 Å². The fraction of sp³-hybridized carbons (Fsp3) is 0.944. The Morgan fingerprint density at radius 3 is 1.55 bits per heavy atom. The minimum Gasteiger partial charge on any atom is -0.466 e. The number of hydrogen-bond acceptors (Lipinski definition) is 4. The van der Waals surface area contributed by atoms with Crippen molar-refractivity contribution in [1.29, 1.82) is 0 Å². The molecular weight excluding hydrogens is 276 g/mol. The van der Waals surface area contributed by atoms with E-state index >= 15 is 0 Å². The predicted octanol–water partition coefficient (Wildman–Crippen LogP) is 6.35. The van der Waals surface area contributed by atoms with Gasteiger partial charge in [0.15, 0.2) is 0 Å². The maximum atomic E-state index is 11.5. The van der Waals surface area contributed by atoms with Gasteiger partial charge in [0.05, 0.1) is 6.61 Å². The Bertz CT molecular complexity index is 211. The van der Waals surface area contributed by atoms with Crippen LogP contribution < -0.4 is 12.3 Å². The lowest BCUT2D eigenvalue weighted by Crippen LogP contribution is -2.05. The summed E-state index contributed by atoms with van der Waals surface area (Å²) in [6, 6.07) is 0. The molecular formula is C18H42N2O2. The molecule has 0 fully saturated rings. The standard InChI is InChI=1S/C18H36O2.2H3N/c1-3-5-7-9-10-11-12-13-14-16-18(19)20-17-15-8-6-4-2;;/h3-17H2,1-2H3;2*1H3. The summed E-state index contributed by atoms with van der Waals surface area (Å²) in [5, 5.41) is 0. The predicted molar refractivity (Wildman–Crippen MR) is 97.0 cm³/mol. The summed E-state index contributed by atoms with van der Waals surface area (Å²) in [5.74, 6) is 0.00412. The molecule has 0 aliphatic heterocycles. The van der Waals surface area contributed by atoms with Gasteiger partial charge in [-0.05, 0) is 12.8 Å². The van der Waals surface area contributed by atoms with E-state index in [2.05, 4.69) is 13.8 Å². The summed E-state index contributed by atoms with van der Waals surface area (Å²) in [6.07, 6.45) is 16.9. The van der Waals surface area contributed by atoms with Crippen LogP contribution in [0.25, 0.3) is 0 Å².